The van der Waals surface area contributed by atoms with E-state index in [0.717, 1.165) is 18.2 Å². The number of hydrogen-bond acceptors (Lipinski definition) is 2. The van der Waals surface area contributed by atoms with Gasteiger partial charge in [0.15, 0.2) is 0 Å². The molecule has 1 heterocycles. The van der Waals surface area contributed by atoms with E-state index in [-0.39, 0.29) is 16.8 Å². The third-order valence-electron chi connectivity index (χ3n) is 2.61. The van der Waals surface area contributed by atoms with Gasteiger partial charge in [0.1, 0.15) is 11.5 Å². The zero-order valence-electron chi connectivity index (χ0n) is 9.91. The van der Waals surface area contributed by atoms with Crippen LogP contribution in [0.2, 0.25) is 0 Å². The van der Waals surface area contributed by atoms with Gasteiger partial charge in [-0.2, -0.15) is 13.2 Å². The highest BCUT2D eigenvalue weighted by atomic mass is 19.4. The first-order valence-corrected chi connectivity index (χ1v) is 5.42. The lowest BCUT2D eigenvalue weighted by Gasteiger charge is -2.13. The van der Waals surface area contributed by atoms with Crippen molar-refractivity contribution >= 4 is 5.91 Å². The lowest BCUT2D eigenvalue weighted by molar-refractivity contribution is -0.137. The fourth-order valence-corrected chi connectivity index (χ4v) is 1.74. The van der Waals surface area contributed by atoms with E-state index in [1.54, 1.807) is 0 Å². The number of carbonyl (C=O) groups is 1. The van der Waals surface area contributed by atoms with Crippen molar-refractivity contribution in [1.29, 1.82) is 0 Å². The Morgan fingerprint density at radius 1 is 1.15 bits per heavy atom. The lowest BCUT2D eigenvalue weighted by atomic mass is 9.99. The Morgan fingerprint density at radius 3 is 2.45 bits per heavy atom. The van der Waals surface area contributed by atoms with E-state index >= 15 is 0 Å². The van der Waals surface area contributed by atoms with Crippen molar-refractivity contribution in [3.8, 4) is 11.1 Å². The molecule has 0 unspecified atom stereocenters. The highest BCUT2D eigenvalue weighted by Crippen LogP contribution is 2.37. The van der Waals surface area contributed by atoms with Crippen LogP contribution >= 0.6 is 0 Å². The van der Waals surface area contributed by atoms with Gasteiger partial charge in [-0.25, -0.2) is 4.39 Å². The molecule has 0 spiro atoms. The molecule has 7 heteroatoms. The van der Waals surface area contributed by atoms with E-state index in [0.29, 0.717) is 6.07 Å². The molecule has 1 aromatic carbocycles. The molecule has 0 atom stereocenters. The summed E-state index contributed by atoms with van der Waals surface area (Å²) in [6, 6.07) is 4.73. The van der Waals surface area contributed by atoms with Crippen molar-refractivity contribution in [2.24, 2.45) is 5.73 Å². The van der Waals surface area contributed by atoms with Gasteiger partial charge in [0, 0.05) is 6.20 Å². The third kappa shape index (κ3) is 2.76. The van der Waals surface area contributed by atoms with Gasteiger partial charge in [-0.1, -0.05) is 6.07 Å². The average Bonchev–Trinajstić information content (AvgIpc) is 2.37. The number of primary amides is 1. The van der Waals surface area contributed by atoms with Crippen LogP contribution in [-0.2, 0) is 6.18 Å². The second-order valence-electron chi connectivity index (χ2n) is 3.98. The van der Waals surface area contributed by atoms with Crippen LogP contribution in [0, 0.1) is 5.82 Å². The number of amides is 1. The Bertz CT molecular complexity index is 668. The second kappa shape index (κ2) is 4.92. The molecule has 2 rings (SSSR count). The first-order valence-electron chi connectivity index (χ1n) is 5.42. The minimum Gasteiger partial charge on any atom is -0.364 e. The Morgan fingerprint density at radius 2 is 1.85 bits per heavy atom. The Balaban J connectivity index is 2.64. The molecule has 20 heavy (non-hydrogen) atoms. The van der Waals surface area contributed by atoms with Crippen LogP contribution in [0.15, 0.2) is 36.5 Å². The topological polar surface area (TPSA) is 56.0 Å². The maximum absolute atomic E-state index is 13.0. The zero-order valence-corrected chi connectivity index (χ0v) is 9.91. The molecule has 0 radical (unpaired) electrons. The number of aromatic nitrogens is 1. The lowest BCUT2D eigenvalue weighted by Crippen LogP contribution is -2.13. The number of carbonyl (C=O) groups excluding carboxylic acids is 1. The van der Waals surface area contributed by atoms with E-state index < -0.39 is 23.5 Å². The number of pyridine rings is 1. The molecule has 1 amide bonds. The predicted molar refractivity (Wildman–Crippen MR) is 63.2 cm³/mol. The zero-order chi connectivity index (χ0) is 14.9. The number of nitrogens with two attached hydrogens (primary N) is 1. The smallest absolute Gasteiger partial charge is 0.364 e. The second-order valence-corrected chi connectivity index (χ2v) is 3.98. The monoisotopic (exact) mass is 284 g/mol. The van der Waals surface area contributed by atoms with Crippen molar-refractivity contribution in [3.63, 3.8) is 0 Å². The number of nitrogens with zero attached hydrogens (tertiary/aromatic N) is 1. The molecule has 0 aliphatic rings. The summed E-state index contributed by atoms with van der Waals surface area (Å²) in [6.45, 7) is 0. The van der Waals surface area contributed by atoms with Gasteiger partial charge in [0.2, 0.25) is 0 Å². The SMILES string of the molecule is NC(=O)c1cc(-c2ccc(F)cc2C(F)(F)F)ccn1. The summed E-state index contributed by atoms with van der Waals surface area (Å²) in [5, 5.41) is 0. The fraction of sp³-hybridized carbons (Fsp3) is 0.0769. The Hall–Kier alpha value is -2.44. The fourth-order valence-electron chi connectivity index (χ4n) is 1.74. The van der Waals surface area contributed by atoms with E-state index in [1.165, 1.54) is 12.3 Å². The van der Waals surface area contributed by atoms with Gasteiger partial charge >= 0.3 is 6.18 Å². The minimum absolute atomic E-state index is 0.0844. The van der Waals surface area contributed by atoms with Crippen molar-refractivity contribution in [2.45, 2.75) is 6.18 Å². The maximum Gasteiger partial charge on any atom is 0.417 e. The normalized spacial score (nSPS) is 11.4. The highest BCUT2D eigenvalue weighted by molar-refractivity contribution is 5.92. The number of alkyl halides is 3. The van der Waals surface area contributed by atoms with Crippen molar-refractivity contribution in [2.75, 3.05) is 0 Å². The van der Waals surface area contributed by atoms with Crippen LogP contribution in [0.4, 0.5) is 17.6 Å². The largest absolute Gasteiger partial charge is 0.417 e. The van der Waals surface area contributed by atoms with Crippen LogP contribution in [0.5, 0.6) is 0 Å². The van der Waals surface area contributed by atoms with Gasteiger partial charge in [-0.3, -0.25) is 9.78 Å². The molecule has 0 aliphatic heterocycles. The molecule has 104 valence electrons. The molecule has 0 saturated heterocycles. The molecule has 1 aromatic heterocycles. The molecular formula is C13H8F4N2O. The highest BCUT2D eigenvalue weighted by Gasteiger charge is 2.34. The van der Waals surface area contributed by atoms with E-state index in [1.807, 2.05) is 0 Å². The van der Waals surface area contributed by atoms with Crippen LogP contribution < -0.4 is 5.73 Å². The summed E-state index contributed by atoms with van der Waals surface area (Å²) in [7, 11) is 0. The molecule has 0 bridgehead atoms. The molecule has 2 N–H and O–H groups in total. The van der Waals surface area contributed by atoms with Crippen LogP contribution in [0.1, 0.15) is 16.1 Å². The van der Waals surface area contributed by atoms with Gasteiger partial charge in [0.25, 0.3) is 5.91 Å². The summed E-state index contributed by atoms with van der Waals surface area (Å²) >= 11 is 0. The van der Waals surface area contributed by atoms with E-state index in [4.69, 9.17) is 5.73 Å². The average molecular weight is 284 g/mol. The van der Waals surface area contributed by atoms with Gasteiger partial charge in [-0.15, -0.1) is 0 Å². The predicted octanol–water partition coefficient (Wildman–Crippen LogP) is 3.01. The van der Waals surface area contributed by atoms with E-state index in [9.17, 15) is 22.4 Å². The summed E-state index contributed by atoms with van der Waals surface area (Å²) in [5.74, 6) is -1.85. The van der Waals surface area contributed by atoms with Gasteiger partial charge < -0.3 is 5.73 Å². The van der Waals surface area contributed by atoms with Crippen molar-refractivity contribution in [3.05, 3.63) is 53.6 Å². The van der Waals surface area contributed by atoms with E-state index in [2.05, 4.69) is 4.98 Å². The molecular weight excluding hydrogens is 276 g/mol. The molecule has 0 saturated carbocycles. The first-order chi connectivity index (χ1) is 9.29. The first kappa shape index (κ1) is 14.0. The summed E-state index contributed by atoms with van der Waals surface area (Å²) < 4.78 is 51.7. The van der Waals surface area contributed by atoms with Crippen LogP contribution in [-0.4, -0.2) is 10.9 Å². The summed E-state index contributed by atoms with van der Waals surface area (Å²) in [6.07, 6.45) is -3.55. The molecule has 2 aromatic rings. The quantitative estimate of drug-likeness (QED) is 0.862. The van der Waals surface area contributed by atoms with Gasteiger partial charge in [-0.05, 0) is 35.4 Å². The molecule has 0 fully saturated rings. The molecule has 0 aliphatic carbocycles. The van der Waals surface area contributed by atoms with Crippen LogP contribution in [0.25, 0.3) is 11.1 Å². The van der Waals surface area contributed by atoms with Crippen molar-refractivity contribution in [1.82, 2.24) is 4.98 Å². The Kier molecular flexibility index (Phi) is 3.44. The van der Waals surface area contributed by atoms with Crippen LogP contribution in [0.3, 0.4) is 0 Å². The molecule has 3 nitrogen and oxygen atoms in total. The Labute approximate surface area is 111 Å². The standard InChI is InChI=1S/C13H8F4N2O/c14-8-1-2-9(10(6-8)13(15,16)17)7-3-4-19-11(5-7)12(18)20/h1-6H,(H2,18,20). The van der Waals surface area contributed by atoms with Gasteiger partial charge in [0.05, 0.1) is 5.56 Å². The third-order valence-corrected chi connectivity index (χ3v) is 2.61. The number of rotatable bonds is 2. The number of benzene rings is 1. The number of hydrogen-bond donors (Lipinski definition) is 1. The minimum atomic E-state index is -4.71. The maximum atomic E-state index is 13.0. The van der Waals surface area contributed by atoms with Crippen molar-refractivity contribution < 1.29 is 22.4 Å². The summed E-state index contributed by atoms with van der Waals surface area (Å²) in [5.41, 5.74) is 3.57. The summed E-state index contributed by atoms with van der Waals surface area (Å²) in [4.78, 5) is 14.6. The number of halogens is 4.